The maximum atomic E-state index is 5.23. The summed E-state index contributed by atoms with van der Waals surface area (Å²) in [5.41, 5.74) is 2.87. The van der Waals surface area contributed by atoms with Crippen LogP contribution in [-0.2, 0) is 6.42 Å². The Bertz CT molecular complexity index is 515. The normalized spacial score (nSPS) is 12.7. The molecule has 0 aliphatic heterocycles. The van der Waals surface area contributed by atoms with Gasteiger partial charge in [0.1, 0.15) is 5.69 Å². The second-order valence-corrected chi connectivity index (χ2v) is 4.58. The first-order valence-electron chi connectivity index (χ1n) is 6.04. The van der Waals surface area contributed by atoms with E-state index in [1.165, 1.54) is 0 Å². The van der Waals surface area contributed by atoms with Gasteiger partial charge in [-0.2, -0.15) is 4.98 Å². The number of hydrogen-bond acceptors (Lipinski definition) is 5. The molecule has 1 atom stereocenters. The van der Waals surface area contributed by atoms with Crippen LogP contribution in [0.4, 0.5) is 0 Å². The van der Waals surface area contributed by atoms with E-state index in [2.05, 4.69) is 27.4 Å². The number of likely N-dealkylation sites (N-methyl/N-ethyl adjacent to an activating group) is 1. The molecular weight excluding hydrogens is 228 g/mol. The van der Waals surface area contributed by atoms with Crippen molar-refractivity contribution in [1.29, 1.82) is 0 Å². The van der Waals surface area contributed by atoms with Crippen molar-refractivity contribution in [3.63, 3.8) is 0 Å². The standard InChI is InChI=1S/C13H18N4O/c1-8-5-10(3)15-11(6-8)13-16-12(18-17-13)7-9(2)14-4/h5-6,9,14H,7H2,1-4H3. The van der Waals surface area contributed by atoms with Crippen molar-refractivity contribution < 1.29 is 4.52 Å². The minimum Gasteiger partial charge on any atom is -0.339 e. The number of rotatable bonds is 4. The molecule has 1 N–H and O–H groups in total. The van der Waals surface area contributed by atoms with Crippen molar-refractivity contribution in [2.75, 3.05) is 7.05 Å². The fourth-order valence-corrected chi connectivity index (χ4v) is 1.76. The first-order valence-corrected chi connectivity index (χ1v) is 6.04. The van der Waals surface area contributed by atoms with Crippen LogP contribution in [0.15, 0.2) is 16.7 Å². The summed E-state index contributed by atoms with van der Waals surface area (Å²) in [4.78, 5) is 8.79. The van der Waals surface area contributed by atoms with Gasteiger partial charge in [0.15, 0.2) is 0 Å². The molecule has 1 unspecified atom stereocenters. The molecule has 0 saturated carbocycles. The molecule has 0 aliphatic rings. The Morgan fingerprint density at radius 1 is 1.28 bits per heavy atom. The molecule has 2 heterocycles. The first kappa shape index (κ1) is 12.7. The first-order chi connectivity index (χ1) is 8.58. The third-order valence-corrected chi connectivity index (χ3v) is 2.77. The van der Waals surface area contributed by atoms with Gasteiger partial charge in [0.25, 0.3) is 0 Å². The lowest BCUT2D eigenvalue weighted by Crippen LogP contribution is -2.23. The monoisotopic (exact) mass is 246 g/mol. The van der Waals surface area contributed by atoms with E-state index >= 15 is 0 Å². The number of pyridine rings is 1. The molecule has 18 heavy (non-hydrogen) atoms. The van der Waals surface area contributed by atoms with E-state index in [0.29, 0.717) is 24.2 Å². The van der Waals surface area contributed by atoms with Crippen LogP contribution in [0.3, 0.4) is 0 Å². The number of hydrogen-bond donors (Lipinski definition) is 1. The zero-order valence-corrected chi connectivity index (χ0v) is 11.2. The lowest BCUT2D eigenvalue weighted by Gasteiger charge is -2.04. The van der Waals surface area contributed by atoms with E-state index in [1.54, 1.807) is 0 Å². The van der Waals surface area contributed by atoms with Gasteiger partial charge in [-0.25, -0.2) is 4.98 Å². The highest BCUT2D eigenvalue weighted by Gasteiger charge is 2.12. The highest BCUT2D eigenvalue weighted by molar-refractivity contribution is 5.49. The highest BCUT2D eigenvalue weighted by Crippen LogP contribution is 2.16. The molecule has 0 aliphatic carbocycles. The van der Waals surface area contributed by atoms with Crippen LogP contribution >= 0.6 is 0 Å². The van der Waals surface area contributed by atoms with Crippen LogP contribution in [0, 0.1) is 13.8 Å². The molecule has 2 aromatic rings. The predicted molar refractivity (Wildman–Crippen MR) is 69.2 cm³/mol. The molecule has 0 amide bonds. The Balaban J connectivity index is 2.23. The summed E-state index contributed by atoms with van der Waals surface area (Å²) in [5.74, 6) is 1.19. The summed E-state index contributed by atoms with van der Waals surface area (Å²) in [6.45, 7) is 6.06. The third-order valence-electron chi connectivity index (χ3n) is 2.77. The smallest absolute Gasteiger partial charge is 0.228 e. The van der Waals surface area contributed by atoms with Gasteiger partial charge in [0.05, 0.1) is 0 Å². The van der Waals surface area contributed by atoms with Crippen molar-refractivity contribution in [2.24, 2.45) is 0 Å². The van der Waals surface area contributed by atoms with Gasteiger partial charge in [0, 0.05) is 18.2 Å². The number of aromatic nitrogens is 3. The summed E-state index contributed by atoms with van der Waals surface area (Å²) in [6, 6.07) is 4.29. The number of nitrogens with zero attached hydrogens (tertiary/aromatic N) is 3. The third kappa shape index (κ3) is 2.92. The maximum Gasteiger partial charge on any atom is 0.228 e. The second kappa shape index (κ2) is 5.27. The van der Waals surface area contributed by atoms with E-state index < -0.39 is 0 Å². The predicted octanol–water partition coefficient (Wildman–Crippen LogP) is 1.90. The van der Waals surface area contributed by atoms with Gasteiger partial charge in [0.2, 0.25) is 11.7 Å². The van der Waals surface area contributed by atoms with Crippen molar-refractivity contribution in [3.8, 4) is 11.5 Å². The lowest BCUT2D eigenvalue weighted by molar-refractivity contribution is 0.365. The Kier molecular flexibility index (Phi) is 3.72. The van der Waals surface area contributed by atoms with E-state index in [1.807, 2.05) is 33.0 Å². The molecule has 5 nitrogen and oxygen atoms in total. The summed E-state index contributed by atoms with van der Waals surface area (Å²) in [7, 11) is 1.91. The van der Waals surface area contributed by atoms with Crippen molar-refractivity contribution in [1.82, 2.24) is 20.4 Å². The minimum absolute atomic E-state index is 0.311. The minimum atomic E-state index is 0.311. The molecule has 0 fully saturated rings. The summed E-state index contributed by atoms with van der Waals surface area (Å²) in [6.07, 6.45) is 0.717. The zero-order valence-electron chi connectivity index (χ0n) is 11.2. The van der Waals surface area contributed by atoms with Gasteiger partial charge in [-0.15, -0.1) is 0 Å². The fourth-order valence-electron chi connectivity index (χ4n) is 1.76. The molecule has 5 heteroatoms. The van der Waals surface area contributed by atoms with Crippen molar-refractivity contribution >= 4 is 0 Å². The Morgan fingerprint density at radius 3 is 2.72 bits per heavy atom. The molecule has 0 radical (unpaired) electrons. The van der Waals surface area contributed by atoms with Crippen molar-refractivity contribution in [2.45, 2.75) is 33.2 Å². The molecule has 2 rings (SSSR count). The Morgan fingerprint density at radius 2 is 2.06 bits per heavy atom. The van der Waals surface area contributed by atoms with E-state index in [-0.39, 0.29) is 0 Å². The zero-order chi connectivity index (χ0) is 13.1. The topological polar surface area (TPSA) is 63.8 Å². The maximum absolute atomic E-state index is 5.23. The average Bonchev–Trinajstić information content (AvgIpc) is 2.76. The summed E-state index contributed by atoms with van der Waals surface area (Å²) >= 11 is 0. The number of nitrogens with one attached hydrogen (secondary N) is 1. The van der Waals surface area contributed by atoms with Gasteiger partial charge < -0.3 is 9.84 Å². The molecular formula is C13H18N4O. The van der Waals surface area contributed by atoms with E-state index in [0.717, 1.165) is 17.0 Å². The second-order valence-electron chi connectivity index (χ2n) is 4.58. The van der Waals surface area contributed by atoms with Gasteiger partial charge in [-0.1, -0.05) is 5.16 Å². The average molecular weight is 246 g/mol. The largest absolute Gasteiger partial charge is 0.339 e. The fraction of sp³-hybridized carbons (Fsp3) is 0.462. The van der Waals surface area contributed by atoms with Gasteiger partial charge in [-0.3, -0.25) is 0 Å². The quantitative estimate of drug-likeness (QED) is 0.892. The van der Waals surface area contributed by atoms with Crippen molar-refractivity contribution in [3.05, 3.63) is 29.3 Å². The van der Waals surface area contributed by atoms with Crippen LogP contribution < -0.4 is 5.32 Å². The molecule has 0 bridgehead atoms. The highest BCUT2D eigenvalue weighted by atomic mass is 16.5. The van der Waals surface area contributed by atoms with Crippen LogP contribution in [-0.4, -0.2) is 28.2 Å². The van der Waals surface area contributed by atoms with E-state index in [4.69, 9.17) is 4.52 Å². The molecule has 0 aromatic carbocycles. The molecule has 96 valence electrons. The Hall–Kier alpha value is -1.75. The van der Waals surface area contributed by atoms with Crippen LogP contribution in [0.5, 0.6) is 0 Å². The van der Waals surface area contributed by atoms with Gasteiger partial charge in [-0.05, 0) is 45.5 Å². The Labute approximate surface area is 107 Å². The van der Waals surface area contributed by atoms with Crippen LogP contribution in [0.1, 0.15) is 24.1 Å². The number of aryl methyl sites for hydroxylation is 2. The van der Waals surface area contributed by atoms with Crippen LogP contribution in [0.25, 0.3) is 11.5 Å². The van der Waals surface area contributed by atoms with Crippen LogP contribution in [0.2, 0.25) is 0 Å². The lowest BCUT2D eigenvalue weighted by atomic mass is 10.2. The summed E-state index contributed by atoms with van der Waals surface area (Å²) in [5, 5.41) is 7.12. The summed E-state index contributed by atoms with van der Waals surface area (Å²) < 4.78 is 5.23. The SMILES string of the molecule is CNC(C)Cc1nc(-c2cc(C)cc(C)n2)no1. The molecule has 2 aromatic heterocycles. The molecule has 0 spiro atoms. The van der Waals surface area contributed by atoms with E-state index in [9.17, 15) is 0 Å². The van der Waals surface area contributed by atoms with Gasteiger partial charge >= 0.3 is 0 Å². The molecule has 0 saturated heterocycles.